The molecule has 0 aliphatic heterocycles. The van der Waals surface area contributed by atoms with Crippen molar-refractivity contribution in [3.63, 3.8) is 0 Å². The van der Waals surface area contributed by atoms with Gasteiger partial charge in [-0.05, 0) is 148 Å². The zero-order valence-corrected chi connectivity index (χ0v) is 92.4. The molecule has 0 aliphatic rings. The molecule has 2 aromatic heterocycles. The Labute approximate surface area is 753 Å². The smallest absolute Gasteiger partial charge is 0.308 e. The summed E-state index contributed by atoms with van der Waals surface area (Å²) in [6, 6.07) is 5.68. The third kappa shape index (κ3) is 36.3. The minimum atomic E-state index is -2.53. The number of nitrogens with zero attached hydrogens (tertiary/aromatic N) is 2. The molecule has 0 amide bonds. The number of carbonyl (C=O) groups excluding carboxylic acids is 2. The maximum Gasteiger partial charge on any atom is 0.308 e. The van der Waals surface area contributed by atoms with Crippen LogP contribution in [0.4, 0.5) is 0 Å². The summed E-state index contributed by atoms with van der Waals surface area (Å²) in [5.74, 6) is 0.792. The second-order valence-corrected chi connectivity index (χ2v) is 76.1. The molecular formula is C95H184N2O18Si7. The second kappa shape index (κ2) is 50.8. The number of aromatic nitrogens is 2. The first-order valence-electron chi connectivity index (χ1n) is 46.2. The van der Waals surface area contributed by atoms with Gasteiger partial charge < -0.3 is 77.8 Å². The van der Waals surface area contributed by atoms with Crippen LogP contribution < -0.4 is 0 Å². The lowest BCUT2D eigenvalue weighted by Gasteiger charge is -2.47. The van der Waals surface area contributed by atoms with Gasteiger partial charge in [0.15, 0.2) is 70.0 Å². The SMILES string of the molecule is CC[Si](CC)(CC)O[C@@H](Cc1nc([C@H](C/C=C/C=C/[C@@H](C[C@@H](CC=O)O[Si](C)(C)C(C)(C)C)OC)OC)co1)C(C)(C)[C@H](C[C@H](OC)[C@@H](C)CO[Si](C)(C)C(C)(C)C)OC(=O)C[C@H](C[C@H](/C=C/C=C/C[C@H](OC)c1coc(C[C@H](O[Si](CC)(CC)CC)C(C)(C)[C@H](C[C@H](OC)[C@@H](C)CO[Si](C)(C)C(C)(C)C)O[Si](C)(C)C)n1)OC)O[Si](C)(C)C(C)(C)C. The molecule has 0 aliphatic carbocycles. The molecule has 27 heteroatoms. The number of hydrogen-bond donors (Lipinski definition) is 0. The summed E-state index contributed by atoms with van der Waals surface area (Å²) in [5, 5.41) is -0.0760. The third-order valence-electron chi connectivity index (χ3n) is 28.4. The van der Waals surface area contributed by atoms with Crippen LogP contribution in [-0.4, -0.2) is 197 Å². The fourth-order valence-electron chi connectivity index (χ4n) is 14.4. The lowest BCUT2D eigenvalue weighted by Crippen LogP contribution is -2.54. The minimum Gasteiger partial charge on any atom is -0.462 e. The predicted molar refractivity (Wildman–Crippen MR) is 521 cm³/mol. The van der Waals surface area contributed by atoms with Crippen LogP contribution in [0.1, 0.15) is 253 Å². The lowest BCUT2D eigenvalue weighted by molar-refractivity contribution is -0.167. The Balaban J connectivity index is 2.73. The second-order valence-electron chi connectivity index (χ2n) is 43.1. The van der Waals surface area contributed by atoms with Gasteiger partial charge in [0.1, 0.15) is 48.5 Å². The predicted octanol–water partition coefficient (Wildman–Crippen LogP) is 25.5. The molecule has 2 aromatic rings. The van der Waals surface area contributed by atoms with Crippen LogP contribution in [0.3, 0.4) is 0 Å². The highest BCUT2D eigenvalue weighted by Crippen LogP contribution is 2.46. The number of carbonyl (C=O) groups is 2. The number of rotatable bonds is 61. The van der Waals surface area contributed by atoms with Crippen LogP contribution in [0, 0.1) is 22.7 Å². The molecule has 0 fully saturated rings. The van der Waals surface area contributed by atoms with Gasteiger partial charge in [0, 0.05) is 117 Å². The van der Waals surface area contributed by atoms with E-state index in [1.165, 1.54) is 0 Å². The number of methoxy groups -OCH3 is 6. The van der Waals surface area contributed by atoms with Crippen molar-refractivity contribution >= 4 is 70.5 Å². The number of ether oxygens (including phenoxy) is 7. The quantitative estimate of drug-likeness (QED) is 0.0260. The van der Waals surface area contributed by atoms with E-state index in [4.69, 9.17) is 82.9 Å². The monoisotopic (exact) mass is 1840 g/mol. The maximum atomic E-state index is 15.5. The van der Waals surface area contributed by atoms with Gasteiger partial charge in [-0.15, -0.1) is 0 Å². The van der Waals surface area contributed by atoms with E-state index in [0.717, 1.165) is 42.6 Å². The molecular weight excluding hydrogens is 1650 g/mol. The van der Waals surface area contributed by atoms with E-state index in [9.17, 15) is 4.79 Å². The molecule has 122 heavy (non-hydrogen) atoms. The molecule has 20 nitrogen and oxygen atoms in total. The van der Waals surface area contributed by atoms with Crippen LogP contribution in [0.25, 0.3) is 0 Å². The largest absolute Gasteiger partial charge is 0.462 e. The van der Waals surface area contributed by atoms with Crippen LogP contribution >= 0.6 is 0 Å². The number of allylic oxidation sites excluding steroid dienone is 4. The number of hydrogen-bond acceptors (Lipinski definition) is 20. The Morgan fingerprint density at radius 1 is 0.418 bits per heavy atom. The van der Waals surface area contributed by atoms with Gasteiger partial charge in [-0.25, -0.2) is 9.97 Å². The van der Waals surface area contributed by atoms with E-state index in [1.807, 2.05) is 49.6 Å². The highest BCUT2D eigenvalue weighted by Gasteiger charge is 2.51. The van der Waals surface area contributed by atoms with Crippen molar-refractivity contribution in [3.8, 4) is 0 Å². The summed E-state index contributed by atoms with van der Waals surface area (Å²) in [4.78, 5) is 37.7. The molecule has 0 unspecified atom stereocenters. The van der Waals surface area contributed by atoms with E-state index in [1.54, 1.807) is 48.1 Å². The number of esters is 1. The Kier molecular flexibility index (Phi) is 48.1. The summed E-state index contributed by atoms with van der Waals surface area (Å²) in [6.07, 6.45) is 20.2. The lowest BCUT2D eigenvalue weighted by atomic mass is 9.76. The molecule has 14 atom stereocenters. The molecule has 0 spiro atoms. The molecule has 0 N–H and O–H groups in total. The first-order chi connectivity index (χ1) is 56.2. The molecule has 2 rings (SSSR count). The molecule has 710 valence electrons. The minimum absolute atomic E-state index is 0.000535. The summed E-state index contributed by atoms with van der Waals surface area (Å²) < 4.78 is 108. The van der Waals surface area contributed by atoms with Crippen molar-refractivity contribution in [2.24, 2.45) is 22.7 Å². The Bertz CT molecular complexity index is 3380. The van der Waals surface area contributed by atoms with E-state index < -0.39 is 106 Å². The van der Waals surface area contributed by atoms with E-state index in [2.05, 4.69) is 244 Å². The molecule has 0 aromatic carbocycles. The Morgan fingerprint density at radius 3 is 1.08 bits per heavy atom. The fourth-order valence-corrected chi connectivity index (χ4v) is 26.6. The first-order valence-corrected chi connectivity index (χ1v) is 66.3. The zero-order valence-electron chi connectivity index (χ0n) is 85.4. The van der Waals surface area contributed by atoms with Gasteiger partial charge in [-0.3, -0.25) is 4.79 Å². The maximum absolute atomic E-state index is 15.5. The number of aldehydes is 1. The van der Waals surface area contributed by atoms with Crippen molar-refractivity contribution in [1.82, 2.24) is 9.97 Å². The molecule has 0 saturated heterocycles. The van der Waals surface area contributed by atoms with Gasteiger partial charge in [0.25, 0.3) is 0 Å². The van der Waals surface area contributed by atoms with E-state index in [0.29, 0.717) is 94.2 Å². The van der Waals surface area contributed by atoms with Crippen molar-refractivity contribution in [3.05, 3.63) is 84.3 Å². The summed E-state index contributed by atoms with van der Waals surface area (Å²) in [7, 11) is -5.19. The highest BCUT2D eigenvalue weighted by molar-refractivity contribution is 6.76. The fraction of sp³-hybridized carbons (Fsp3) is 0.832. The summed E-state index contributed by atoms with van der Waals surface area (Å²) in [5.41, 5.74) is 0.0371. The highest BCUT2D eigenvalue weighted by atomic mass is 28.4. The van der Waals surface area contributed by atoms with Crippen molar-refractivity contribution in [1.29, 1.82) is 0 Å². The van der Waals surface area contributed by atoms with Gasteiger partial charge in [-0.1, -0.05) is 215 Å². The molecule has 0 radical (unpaired) electrons. The normalized spacial score (nSPS) is 17.7. The van der Waals surface area contributed by atoms with Gasteiger partial charge in [0.05, 0.1) is 61.4 Å². The average molecular weight is 1840 g/mol. The average Bonchev–Trinajstić information content (AvgIpc) is 1.63. The van der Waals surface area contributed by atoms with Crippen LogP contribution in [0.2, 0.25) is 128 Å². The van der Waals surface area contributed by atoms with Crippen LogP contribution in [0.5, 0.6) is 0 Å². The molecule has 0 saturated carbocycles. The summed E-state index contributed by atoms with van der Waals surface area (Å²) >= 11 is 0. The third-order valence-corrected chi connectivity index (χ3v) is 56.7. The van der Waals surface area contributed by atoms with Crippen molar-refractivity contribution in [2.45, 2.75) is 432 Å². The molecule has 0 bridgehead atoms. The van der Waals surface area contributed by atoms with Crippen molar-refractivity contribution < 1.29 is 82.6 Å². The van der Waals surface area contributed by atoms with Gasteiger partial charge >= 0.3 is 5.97 Å². The van der Waals surface area contributed by atoms with Gasteiger partial charge in [0.2, 0.25) is 0 Å². The van der Waals surface area contributed by atoms with Gasteiger partial charge in [-0.2, -0.15) is 0 Å². The Hall–Kier alpha value is -2.48. The van der Waals surface area contributed by atoms with Crippen LogP contribution in [-0.2, 0) is 86.6 Å². The summed E-state index contributed by atoms with van der Waals surface area (Å²) in [6.45, 7) is 79.7. The van der Waals surface area contributed by atoms with Crippen molar-refractivity contribution in [2.75, 3.05) is 55.9 Å². The number of oxazole rings is 2. The van der Waals surface area contributed by atoms with Crippen LogP contribution in [0.15, 0.2) is 70.0 Å². The zero-order chi connectivity index (χ0) is 93.7. The molecule has 2 heterocycles. The first kappa shape index (κ1) is 116. The Morgan fingerprint density at radius 2 is 0.762 bits per heavy atom. The van der Waals surface area contributed by atoms with E-state index in [-0.39, 0.29) is 81.0 Å². The van der Waals surface area contributed by atoms with E-state index >= 15 is 4.79 Å². The topological polar surface area (TPSA) is 215 Å². The standard InChI is InChI=1S/C95H184N2O18Si7/c1-42-121(43-2,44-3)114-85(65-87-96-77(69-106-87)79(102-27)56-52-48-50-54-73(100-25)60-75(58-59-98)111-119(38,39)92(15,16)17)94(21,22)83(63-81(104-29)71(7)67-108-117(34,35)90(9,10)11)110-89(99)62-76(112-120(40,41)93(18,19)20)61-74(101-26)55-51-49-53-57-80(103-28)78-70-107-88(97-78)66-86(115-122(45-4,46-5)47-6)95(23,24)84(113-116(31,32)33)64-82(105-30)72(8)68-109-118(36,37)91(12,13)14/h48-55,59,69-76,79-86H,42-47,56-58,60-68H2,1-41H3/b52-48+,53-49+,54-50+,55-51+/t71-,72-,73-,74-,75+,76-,79-,80-,81-,82-,83-,84-,85-,86-/m0/s1.